The lowest BCUT2D eigenvalue weighted by Gasteiger charge is -2.05. The molecule has 0 aliphatic heterocycles. The van der Waals surface area contributed by atoms with E-state index in [9.17, 15) is 4.79 Å². The van der Waals surface area contributed by atoms with Crippen LogP contribution in [0.3, 0.4) is 0 Å². The molecule has 0 bridgehead atoms. The molecule has 0 amide bonds. The summed E-state index contributed by atoms with van der Waals surface area (Å²) in [6.07, 6.45) is 0.0493. The third-order valence-electron chi connectivity index (χ3n) is 1.91. The van der Waals surface area contributed by atoms with Crippen LogP contribution in [0.25, 0.3) is 0 Å². The molecule has 1 aromatic heterocycles. The van der Waals surface area contributed by atoms with E-state index in [-0.39, 0.29) is 18.1 Å². The van der Waals surface area contributed by atoms with Crippen LogP contribution in [0.5, 0.6) is 5.88 Å². The van der Waals surface area contributed by atoms with Gasteiger partial charge in [0.2, 0.25) is 5.88 Å². The van der Waals surface area contributed by atoms with Crippen molar-refractivity contribution in [3.8, 4) is 11.9 Å². The quantitative estimate of drug-likeness (QED) is 0.709. The first-order valence-electron chi connectivity index (χ1n) is 4.81. The van der Waals surface area contributed by atoms with Crippen LogP contribution in [-0.4, -0.2) is 24.7 Å². The monoisotopic (exact) mass is 220 g/mol. The van der Waals surface area contributed by atoms with Crippen molar-refractivity contribution in [3.63, 3.8) is 0 Å². The maximum absolute atomic E-state index is 11.2. The molecule has 0 saturated heterocycles. The minimum absolute atomic E-state index is 0.0493. The molecule has 84 valence electrons. The topological polar surface area (TPSA) is 72.2 Å². The zero-order valence-electron chi connectivity index (χ0n) is 9.19. The van der Waals surface area contributed by atoms with Crippen molar-refractivity contribution in [1.82, 2.24) is 4.98 Å². The van der Waals surface area contributed by atoms with Crippen LogP contribution in [0.15, 0.2) is 12.1 Å². The molecular weight excluding hydrogens is 208 g/mol. The minimum Gasteiger partial charge on any atom is -0.481 e. The molecular formula is C11H12N2O3. The number of hydrogen-bond acceptors (Lipinski definition) is 5. The fraction of sp³-hybridized carbons (Fsp3) is 0.364. The predicted octanol–water partition coefficient (Wildman–Crippen LogP) is 1.07. The molecule has 0 atom stereocenters. The smallest absolute Gasteiger partial charge is 0.310 e. The Bertz CT molecular complexity index is 424. The van der Waals surface area contributed by atoms with Gasteiger partial charge in [0.05, 0.1) is 20.1 Å². The summed E-state index contributed by atoms with van der Waals surface area (Å²) >= 11 is 0. The lowest BCUT2D eigenvalue weighted by molar-refractivity contribution is -0.142. The third-order valence-corrected chi connectivity index (χ3v) is 1.91. The van der Waals surface area contributed by atoms with E-state index in [1.165, 1.54) is 7.11 Å². The van der Waals surface area contributed by atoms with Gasteiger partial charge in [-0.15, -0.1) is 0 Å². The van der Waals surface area contributed by atoms with Gasteiger partial charge in [-0.2, -0.15) is 5.26 Å². The largest absolute Gasteiger partial charge is 0.481 e. The maximum Gasteiger partial charge on any atom is 0.310 e. The summed E-state index contributed by atoms with van der Waals surface area (Å²) in [5.74, 6) is -0.0184. The van der Waals surface area contributed by atoms with Crippen molar-refractivity contribution in [2.45, 2.75) is 13.3 Å². The molecule has 0 N–H and O–H groups in total. The zero-order chi connectivity index (χ0) is 12.0. The average Bonchev–Trinajstić information content (AvgIpc) is 2.30. The highest BCUT2D eigenvalue weighted by Crippen LogP contribution is 2.13. The fourth-order valence-electron chi connectivity index (χ4n) is 1.19. The van der Waals surface area contributed by atoms with Crippen LogP contribution in [-0.2, 0) is 16.0 Å². The average molecular weight is 220 g/mol. The third kappa shape index (κ3) is 2.95. The Balaban J connectivity index is 2.88. The number of esters is 1. The molecule has 0 aromatic carbocycles. The summed E-state index contributed by atoms with van der Waals surface area (Å²) in [6, 6.07) is 5.17. The van der Waals surface area contributed by atoms with Crippen LogP contribution in [0.4, 0.5) is 0 Å². The number of hydrogen-bond donors (Lipinski definition) is 0. The summed E-state index contributed by atoms with van der Waals surface area (Å²) in [5.41, 5.74) is 0.731. The summed E-state index contributed by atoms with van der Waals surface area (Å²) in [4.78, 5) is 15.2. The number of carbonyl (C=O) groups is 1. The molecule has 0 fully saturated rings. The Morgan fingerprint density at radius 2 is 2.31 bits per heavy atom. The highest BCUT2D eigenvalue weighted by Gasteiger charge is 2.10. The molecule has 0 aliphatic rings. The molecule has 0 aliphatic carbocycles. The number of aromatic nitrogens is 1. The highest BCUT2D eigenvalue weighted by atomic mass is 16.5. The van der Waals surface area contributed by atoms with Crippen LogP contribution in [0.2, 0.25) is 0 Å². The predicted molar refractivity (Wildman–Crippen MR) is 55.8 cm³/mol. The Morgan fingerprint density at radius 3 is 2.88 bits per heavy atom. The Labute approximate surface area is 93.6 Å². The van der Waals surface area contributed by atoms with Crippen LogP contribution in [0.1, 0.15) is 18.2 Å². The first-order valence-corrected chi connectivity index (χ1v) is 4.81. The van der Waals surface area contributed by atoms with Crippen molar-refractivity contribution in [2.75, 3.05) is 13.7 Å². The Hall–Kier alpha value is -2.09. The molecule has 16 heavy (non-hydrogen) atoms. The molecule has 1 aromatic rings. The zero-order valence-corrected chi connectivity index (χ0v) is 9.19. The SMILES string of the molecule is CCOC(=O)Cc1ccc(OC)nc1C#N. The number of nitrogens with zero attached hydrogens (tertiary/aromatic N) is 2. The van der Waals surface area contributed by atoms with E-state index in [1.54, 1.807) is 19.1 Å². The summed E-state index contributed by atoms with van der Waals surface area (Å²) in [5, 5.41) is 8.86. The number of nitriles is 1. The van der Waals surface area contributed by atoms with E-state index in [4.69, 9.17) is 14.7 Å². The molecule has 1 rings (SSSR count). The Kier molecular flexibility index (Phi) is 4.28. The first-order chi connectivity index (χ1) is 7.71. The second-order valence-electron chi connectivity index (χ2n) is 2.95. The highest BCUT2D eigenvalue weighted by molar-refractivity contribution is 5.73. The summed E-state index contributed by atoms with van der Waals surface area (Å²) in [6.45, 7) is 2.06. The lowest BCUT2D eigenvalue weighted by Crippen LogP contribution is -2.09. The molecule has 0 radical (unpaired) electrons. The Morgan fingerprint density at radius 1 is 1.56 bits per heavy atom. The van der Waals surface area contributed by atoms with Gasteiger partial charge in [0.1, 0.15) is 11.8 Å². The second kappa shape index (κ2) is 5.71. The molecule has 0 spiro atoms. The van der Waals surface area contributed by atoms with Crippen LogP contribution in [0, 0.1) is 11.3 Å². The van der Waals surface area contributed by atoms with Gasteiger partial charge in [0.25, 0.3) is 0 Å². The number of pyridine rings is 1. The van der Waals surface area contributed by atoms with E-state index in [1.807, 2.05) is 6.07 Å². The van der Waals surface area contributed by atoms with Crippen molar-refractivity contribution >= 4 is 5.97 Å². The van der Waals surface area contributed by atoms with Crippen molar-refractivity contribution in [2.24, 2.45) is 0 Å². The van der Waals surface area contributed by atoms with Crippen LogP contribution >= 0.6 is 0 Å². The van der Waals surface area contributed by atoms with E-state index < -0.39 is 0 Å². The summed E-state index contributed by atoms with van der Waals surface area (Å²) < 4.78 is 9.68. The molecule has 5 nitrogen and oxygen atoms in total. The first kappa shape index (κ1) is 12.0. The van der Waals surface area contributed by atoms with Gasteiger partial charge in [0.15, 0.2) is 0 Å². The van der Waals surface area contributed by atoms with Gasteiger partial charge in [-0.05, 0) is 12.5 Å². The van der Waals surface area contributed by atoms with E-state index in [0.717, 1.165) is 0 Å². The molecule has 1 heterocycles. The number of carbonyl (C=O) groups excluding carboxylic acids is 1. The molecule has 0 saturated carbocycles. The second-order valence-corrected chi connectivity index (χ2v) is 2.95. The van der Waals surface area contributed by atoms with Crippen molar-refractivity contribution in [1.29, 1.82) is 5.26 Å². The van der Waals surface area contributed by atoms with Crippen molar-refractivity contribution in [3.05, 3.63) is 23.4 Å². The number of methoxy groups -OCH3 is 1. The van der Waals surface area contributed by atoms with E-state index in [0.29, 0.717) is 18.1 Å². The number of ether oxygens (including phenoxy) is 2. The van der Waals surface area contributed by atoms with Gasteiger partial charge >= 0.3 is 5.97 Å². The van der Waals surface area contributed by atoms with Gasteiger partial charge in [-0.1, -0.05) is 6.07 Å². The van der Waals surface area contributed by atoms with Gasteiger partial charge in [-0.25, -0.2) is 4.98 Å². The lowest BCUT2D eigenvalue weighted by atomic mass is 10.1. The van der Waals surface area contributed by atoms with Gasteiger partial charge in [-0.3, -0.25) is 4.79 Å². The van der Waals surface area contributed by atoms with Gasteiger partial charge in [0, 0.05) is 6.07 Å². The van der Waals surface area contributed by atoms with Crippen molar-refractivity contribution < 1.29 is 14.3 Å². The maximum atomic E-state index is 11.2. The fourth-order valence-corrected chi connectivity index (χ4v) is 1.19. The standard InChI is InChI=1S/C11H12N2O3/c1-3-16-11(14)6-8-4-5-10(15-2)13-9(8)7-12/h4-5H,3,6H2,1-2H3. The van der Waals surface area contributed by atoms with E-state index >= 15 is 0 Å². The van der Waals surface area contributed by atoms with E-state index in [2.05, 4.69) is 4.98 Å². The number of rotatable bonds is 4. The normalized spacial score (nSPS) is 9.31. The summed E-state index contributed by atoms with van der Waals surface area (Å²) in [7, 11) is 1.47. The molecule has 5 heteroatoms. The van der Waals surface area contributed by atoms with Crippen LogP contribution < -0.4 is 4.74 Å². The minimum atomic E-state index is -0.369. The van der Waals surface area contributed by atoms with Gasteiger partial charge < -0.3 is 9.47 Å². The molecule has 0 unspecified atom stereocenters.